The molecule has 4 fully saturated rings. The van der Waals surface area contributed by atoms with Crippen LogP contribution in [0.15, 0.2) is 28.8 Å². The lowest BCUT2D eigenvalue weighted by atomic mass is 9.35. The van der Waals surface area contributed by atoms with Crippen molar-refractivity contribution in [2.45, 2.75) is 63.3 Å². The SMILES string of the molecule is CC12CC(c3cc(NC(=O)Cc4ccc(-c5nn(C6(C)CC6)c(N)c5C#N)c(F)c4)on3)(C1)C2. The predicted octanol–water partition coefficient (Wildman–Crippen LogP) is 4.26. The molecular weight excluding hydrogens is 435 g/mol. The third-order valence-corrected chi connectivity index (χ3v) is 7.78. The van der Waals surface area contributed by atoms with Gasteiger partial charge >= 0.3 is 0 Å². The molecule has 2 bridgehead atoms. The van der Waals surface area contributed by atoms with Crippen molar-refractivity contribution in [2.75, 3.05) is 11.1 Å². The van der Waals surface area contributed by atoms with Crippen molar-refractivity contribution in [3.05, 3.63) is 46.9 Å². The van der Waals surface area contributed by atoms with Gasteiger partial charge in [0, 0.05) is 17.0 Å². The second-order valence-corrected chi connectivity index (χ2v) is 10.9. The van der Waals surface area contributed by atoms with E-state index in [1.807, 2.05) is 6.92 Å². The van der Waals surface area contributed by atoms with Crippen LogP contribution >= 0.6 is 0 Å². The zero-order chi connectivity index (χ0) is 23.9. The van der Waals surface area contributed by atoms with Crippen molar-refractivity contribution in [3.63, 3.8) is 0 Å². The molecule has 34 heavy (non-hydrogen) atoms. The number of anilines is 2. The number of nitrogens with zero attached hydrogens (tertiary/aromatic N) is 4. The molecule has 2 aromatic heterocycles. The smallest absolute Gasteiger partial charge is 0.231 e. The van der Waals surface area contributed by atoms with Gasteiger partial charge in [-0.3, -0.25) is 10.1 Å². The zero-order valence-corrected chi connectivity index (χ0v) is 19.1. The molecule has 1 amide bonds. The van der Waals surface area contributed by atoms with Gasteiger partial charge in [-0.05, 0) is 62.1 Å². The van der Waals surface area contributed by atoms with Crippen molar-refractivity contribution in [1.29, 1.82) is 5.26 Å². The summed E-state index contributed by atoms with van der Waals surface area (Å²) in [6.45, 7) is 4.28. The number of hydrogen-bond acceptors (Lipinski definition) is 6. The first-order valence-electron chi connectivity index (χ1n) is 11.5. The number of nitrogen functional groups attached to an aromatic ring is 1. The Morgan fingerprint density at radius 2 is 2.03 bits per heavy atom. The van der Waals surface area contributed by atoms with Gasteiger partial charge in [0.05, 0.1) is 17.7 Å². The normalized spacial score (nSPS) is 25.7. The van der Waals surface area contributed by atoms with Crippen molar-refractivity contribution < 1.29 is 13.7 Å². The summed E-state index contributed by atoms with van der Waals surface area (Å²) in [6, 6.07) is 8.33. The molecule has 3 aromatic rings. The van der Waals surface area contributed by atoms with E-state index >= 15 is 4.39 Å². The summed E-state index contributed by atoms with van der Waals surface area (Å²) >= 11 is 0. The molecule has 7 rings (SSSR count). The number of carbonyl (C=O) groups excluding carboxylic acids is 1. The summed E-state index contributed by atoms with van der Waals surface area (Å²) < 4.78 is 22.0. The van der Waals surface area contributed by atoms with E-state index in [1.165, 1.54) is 12.1 Å². The first kappa shape index (κ1) is 20.9. The topological polar surface area (TPSA) is 123 Å². The van der Waals surface area contributed by atoms with E-state index in [-0.39, 0.29) is 45.9 Å². The monoisotopic (exact) mass is 460 g/mol. The van der Waals surface area contributed by atoms with Crippen LogP contribution in [0, 0.1) is 22.6 Å². The number of aromatic nitrogens is 3. The van der Waals surface area contributed by atoms with Crippen LogP contribution in [0.4, 0.5) is 16.1 Å². The van der Waals surface area contributed by atoms with Crippen molar-refractivity contribution in [1.82, 2.24) is 14.9 Å². The number of rotatable bonds is 6. The van der Waals surface area contributed by atoms with E-state index in [2.05, 4.69) is 28.6 Å². The first-order chi connectivity index (χ1) is 16.1. The highest BCUT2D eigenvalue weighted by Crippen LogP contribution is 2.73. The summed E-state index contributed by atoms with van der Waals surface area (Å²) in [7, 11) is 0. The average molecular weight is 461 g/mol. The van der Waals surface area contributed by atoms with Gasteiger partial charge in [-0.2, -0.15) is 10.4 Å². The predicted molar refractivity (Wildman–Crippen MR) is 122 cm³/mol. The fourth-order valence-electron chi connectivity index (χ4n) is 5.91. The van der Waals surface area contributed by atoms with Crippen LogP contribution < -0.4 is 11.1 Å². The van der Waals surface area contributed by atoms with Crippen LogP contribution in [0.25, 0.3) is 11.3 Å². The van der Waals surface area contributed by atoms with E-state index in [0.717, 1.165) is 37.8 Å². The van der Waals surface area contributed by atoms with Crippen LogP contribution in [0.5, 0.6) is 0 Å². The molecule has 4 aliphatic carbocycles. The molecule has 8 nitrogen and oxygen atoms in total. The highest BCUT2D eigenvalue weighted by molar-refractivity contribution is 5.91. The quantitative estimate of drug-likeness (QED) is 0.567. The van der Waals surface area contributed by atoms with E-state index < -0.39 is 5.82 Å². The molecule has 4 saturated carbocycles. The third-order valence-electron chi connectivity index (χ3n) is 7.78. The Balaban J connectivity index is 1.17. The summed E-state index contributed by atoms with van der Waals surface area (Å²) in [4.78, 5) is 12.5. The number of benzene rings is 1. The third kappa shape index (κ3) is 3.05. The first-order valence-corrected chi connectivity index (χ1v) is 11.5. The Hall–Kier alpha value is -3.67. The molecule has 174 valence electrons. The zero-order valence-electron chi connectivity index (χ0n) is 19.1. The van der Waals surface area contributed by atoms with Crippen LogP contribution in [-0.2, 0) is 22.2 Å². The van der Waals surface area contributed by atoms with Gasteiger partial charge in [0.15, 0.2) is 0 Å². The second kappa shape index (κ2) is 6.69. The van der Waals surface area contributed by atoms with Crippen LogP contribution in [0.2, 0.25) is 0 Å². The molecule has 4 aliphatic rings. The number of nitrogens with one attached hydrogen (secondary N) is 1. The molecule has 3 N–H and O–H groups in total. The standard InChI is InChI=1S/C25H25FN6O2/c1-23-11-25(12-23,13-23)18-9-20(34-31-18)29-19(33)8-14-3-4-15(17(26)7-14)21-16(10-27)22(28)32(30-21)24(2)5-6-24/h3-4,7,9H,5-6,8,11-13,28H2,1-2H3,(H,29,33). The molecule has 0 atom stereocenters. The molecule has 1 aromatic carbocycles. The van der Waals surface area contributed by atoms with Gasteiger partial charge in [-0.1, -0.05) is 18.1 Å². The van der Waals surface area contributed by atoms with Crippen LogP contribution in [0.1, 0.15) is 62.8 Å². The number of hydrogen-bond donors (Lipinski definition) is 2. The fraction of sp³-hybridized carbons (Fsp3) is 0.440. The molecule has 0 saturated heterocycles. The minimum absolute atomic E-state index is 0.0315. The lowest BCUT2D eigenvalue weighted by Crippen LogP contribution is -2.62. The molecule has 0 aliphatic heterocycles. The van der Waals surface area contributed by atoms with Gasteiger partial charge in [0.2, 0.25) is 11.8 Å². The van der Waals surface area contributed by atoms with Crippen LogP contribution in [-0.4, -0.2) is 20.8 Å². The van der Waals surface area contributed by atoms with Gasteiger partial charge < -0.3 is 10.3 Å². The van der Waals surface area contributed by atoms with Crippen molar-refractivity contribution in [3.8, 4) is 17.3 Å². The minimum Gasteiger partial charge on any atom is -0.383 e. The Kier molecular flexibility index (Phi) is 4.11. The Morgan fingerprint density at radius 1 is 1.29 bits per heavy atom. The van der Waals surface area contributed by atoms with E-state index in [4.69, 9.17) is 10.3 Å². The van der Waals surface area contributed by atoms with Crippen molar-refractivity contribution in [2.24, 2.45) is 5.41 Å². The number of amides is 1. The highest BCUT2D eigenvalue weighted by atomic mass is 19.1. The Morgan fingerprint density at radius 3 is 2.65 bits per heavy atom. The van der Waals surface area contributed by atoms with Gasteiger partial charge in [0.25, 0.3) is 0 Å². The van der Waals surface area contributed by atoms with Gasteiger partial charge in [0.1, 0.15) is 29.0 Å². The number of halogens is 1. The van der Waals surface area contributed by atoms with Crippen LogP contribution in [0.3, 0.4) is 0 Å². The lowest BCUT2D eigenvalue weighted by molar-refractivity contribution is -0.129. The van der Waals surface area contributed by atoms with E-state index in [0.29, 0.717) is 16.9 Å². The summed E-state index contributed by atoms with van der Waals surface area (Å²) in [5.74, 6) is -0.335. The minimum atomic E-state index is -0.563. The summed E-state index contributed by atoms with van der Waals surface area (Å²) in [6.07, 6.45) is 5.13. The number of nitrogens with two attached hydrogens (primary N) is 1. The number of nitriles is 1. The van der Waals surface area contributed by atoms with Gasteiger partial charge in [-0.15, -0.1) is 0 Å². The lowest BCUT2D eigenvalue weighted by Gasteiger charge is -2.68. The molecule has 0 radical (unpaired) electrons. The Bertz CT molecular complexity index is 1370. The average Bonchev–Trinajstić information content (AvgIpc) is 3.16. The summed E-state index contributed by atoms with van der Waals surface area (Å²) in [5, 5.41) is 20.9. The molecule has 9 heteroatoms. The summed E-state index contributed by atoms with van der Waals surface area (Å²) in [5.41, 5.74) is 8.44. The van der Waals surface area contributed by atoms with E-state index in [1.54, 1.807) is 16.8 Å². The molecule has 0 spiro atoms. The van der Waals surface area contributed by atoms with E-state index in [9.17, 15) is 10.1 Å². The second-order valence-electron chi connectivity index (χ2n) is 10.9. The fourth-order valence-corrected chi connectivity index (χ4v) is 5.91. The molecule has 0 unspecified atom stereocenters. The number of carbonyl (C=O) groups is 1. The van der Waals surface area contributed by atoms with Crippen molar-refractivity contribution >= 4 is 17.6 Å². The maximum Gasteiger partial charge on any atom is 0.231 e. The Labute approximate surface area is 195 Å². The van der Waals surface area contributed by atoms with Gasteiger partial charge in [-0.25, -0.2) is 9.07 Å². The highest BCUT2D eigenvalue weighted by Gasteiger charge is 2.66. The largest absolute Gasteiger partial charge is 0.383 e. The molecular formula is C25H25FN6O2. The maximum atomic E-state index is 15.0. The molecule has 2 heterocycles. The maximum absolute atomic E-state index is 15.0.